The summed E-state index contributed by atoms with van der Waals surface area (Å²) in [5, 5.41) is 12.1. The van der Waals surface area contributed by atoms with Crippen LogP contribution >= 0.6 is 15.9 Å². The highest BCUT2D eigenvalue weighted by Crippen LogP contribution is 2.18. The summed E-state index contributed by atoms with van der Waals surface area (Å²) in [5.74, 6) is 0.122. The van der Waals surface area contributed by atoms with E-state index in [-0.39, 0.29) is 12.4 Å². The Labute approximate surface area is 172 Å². The third-order valence-electron chi connectivity index (χ3n) is 4.24. The summed E-state index contributed by atoms with van der Waals surface area (Å²) in [6.07, 6.45) is 7.67. The zero-order valence-electron chi connectivity index (χ0n) is 15.4. The lowest BCUT2D eigenvalue weighted by Crippen LogP contribution is -1.99. The van der Waals surface area contributed by atoms with Crippen LogP contribution in [0.4, 0.5) is 10.1 Å². The van der Waals surface area contributed by atoms with Gasteiger partial charge in [0.05, 0.1) is 12.2 Å². The number of oxazole rings is 1. The Morgan fingerprint density at radius 1 is 1.11 bits per heavy atom. The first-order chi connectivity index (χ1) is 13.6. The Hall–Kier alpha value is -2.44. The number of aliphatic hydroxyl groups is 1. The highest BCUT2D eigenvalue weighted by molar-refractivity contribution is 9.10. The lowest BCUT2D eigenvalue weighted by atomic mass is 10.1. The van der Waals surface area contributed by atoms with Crippen LogP contribution in [0.5, 0.6) is 0 Å². The van der Waals surface area contributed by atoms with Crippen molar-refractivity contribution in [3.63, 3.8) is 0 Å². The number of nitrogens with one attached hydrogen (secondary N) is 1. The Kier molecular flexibility index (Phi) is 7.39. The number of aryl methyl sites for hydroxylation is 1. The van der Waals surface area contributed by atoms with E-state index in [1.54, 1.807) is 30.5 Å². The van der Waals surface area contributed by atoms with E-state index in [0.29, 0.717) is 22.5 Å². The van der Waals surface area contributed by atoms with Crippen LogP contribution in [0.2, 0.25) is 0 Å². The van der Waals surface area contributed by atoms with Gasteiger partial charge in [0.2, 0.25) is 5.89 Å². The molecule has 0 unspecified atom stereocenters. The van der Waals surface area contributed by atoms with Gasteiger partial charge < -0.3 is 14.8 Å². The lowest BCUT2D eigenvalue weighted by molar-refractivity contribution is 0.284. The van der Waals surface area contributed by atoms with Gasteiger partial charge in [-0.2, -0.15) is 0 Å². The molecule has 3 aromatic rings. The van der Waals surface area contributed by atoms with Crippen LogP contribution in [-0.2, 0) is 13.0 Å². The second kappa shape index (κ2) is 10.2. The van der Waals surface area contributed by atoms with Crippen LogP contribution in [0.1, 0.15) is 35.6 Å². The highest BCUT2D eigenvalue weighted by atomic mass is 79.9. The lowest BCUT2D eigenvalue weighted by Gasteiger charge is -2.06. The smallest absolute Gasteiger partial charge is 0.218 e. The van der Waals surface area contributed by atoms with Crippen molar-refractivity contribution in [1.29, 1.82) is 0 Å². The molecule has 0 atom stereocenters. The van der Waals surface area contributed by atoms with Crippen LogP contribution in [0.3, 0.4) is 0 Å². The molecular formula is C22H22BrFN2O2. The van der Waals surface area contributed by atoms with Gasteiger partial charge in [-0.25, -0.2) is 9.37 Å². The van der Waals surface area contributed by atoms with Crippen LogP contribution < -0.4 is 5.32 Å². The molecule has 0 aliphatic rings. The summed E-state index contributed by atoms with van der Waals surface area (Å²) in [7, 11) is 0. The Morgan fingerprint density at radius 3 is 2.68 bits per heavy atom. The second-order valence-electron chi connectivity index (χ2n) is 6.41. The van der Waals surface area contributed by atoms with E-state index >= 15 is 0 Å². The number of halogens is 2. The van der Waals surface area contributed by atoms with Gasteiger partial charge in [0.1, 0.15) is 12.1 Å². The molecule has 0 bridgehead atoms. The third kappa shape index (κ3) is 6.04. The predicted molar refractivity (Wildman–Crippen MR) is 113 cm³/mol. The summed E-state index contributed by atoms with van der Waals surface area (Å²) in [6, 6.07) is 13.1. The topological polar surface area (TPSA) is 58.3 Å². The van der Waals surface area contributed by atoms with Gasteiger partial charge in [0.15, 0.2) is 0 Å². The van der Waals surface area contributed by atoms with Crippen molar-refractivity contribution in [2.24, 2.45) is 0 Å². The van der Waals surface area contributed by atoms with E-state index in [0.717, 1.165) is 30.6 Å². The number of hydrogen-bond acceptors (Lipinski definition) is 4. The van der Waals surface area contributed by atoms with Gasteiger partial charge in [-0.1, -0.05) is 34.1 Å². The average Bonchev–Trinajstić information content (AvgIpc) is 3.15. The molecule has 4 nitrogen and oxygen atoms in total. The molecule has 2 N–H and O–H groups in total. The summed E-state index contributed by atoms with van der Waals surface area (Å²) >= 11 is 3.24. The summed E-state index contributed by atoms with van der Waals surface area (Å²) in [6.45, 7) is 0.778. The van der Waals surface area contributed by atoms with Crippen molar-refractivity contribution in [3.8, 4) is 0 Å². The van der Waals surface area contributed by atoms with Crippen molar-refractivity contribution in [2.45, 2.75) is 25.8 Å². The van der Waals surface area contributed by atoms with Gasteiger partial charge in [-0.15, -0.1) is 0 Å². The fraction of sp³-hybridized carbons (Fsp3) is 0.227. The number of anilines is 1. The van der Waals surface area contributed by atoms with Crippen molar-refractivity contribution in [3.05, 3.63) is 81.7 Å². The molecule has 6 heteroatoms. The van der Waals surface area contributed by atoms with Crippen LogP contribution in [0.25, 0.3) is 12.2 Å². The number of aliphatic hydroxyl groups excluding tert-OH is 1. The van der Waals surface area contributed by atoms with E-state index in [1.165, 1.54) is 11.6 Å². The number of aromatic nitrogens is 1. The first kappa shape index (κ1) is 20.3. The number of benzene rings is 2. The summed E-state index contributed by atoms with van der Waals surface area (Å²) in [4.78, 5) is 4.38. The molecule has 0 amide bonds. The molecule has 0 aliphatic carbocycles. The Balaban J connectivity index is 1.52. The van der Waals surface area contributed by atoms with Crippen molar-refractivity contribution < 1.29 is 13.9 Å². The number of rotatable bonds is 9. The van der Waals surface area contributed by atoms with E-state index < -0.39 is 0 Å². The average molecular weight is 445 g/mol. The van der Waals surface area contributed by atoms with E-state index in [2.05, 4.69) is 38.4 Å². The van der Waals surface area contributed by atoms with Crippen molar-refractivity contribution in [2.75, 3.05) is 11.9 Å². The van der Waals surface area contributed by atoms with E-state index in [1.807, 2.05) is 12.1 Å². The molecule has 28 heavy (non-hydrogen) atoms. The number of unbranched alkanes of at least 4 members (excludes halogenated alkanes) is 1. The zero-order chi connectivity index (χ0) is 19.8. The highest BCUT2D eigenvalue weighted by Gasteiger charge is 2.03. The second-order valence-corrected chi connectivity index (χ2v) is 7.32. The number of hydrogen-bond donors (Lipinski definition) is 2. The monoisotopic (exact) mass is 444 g/mol. The van der Waals surface area contributed by atoms with Crippen LogP contribution in [0, 0.1) is 5.82 Å². The Bertz CT molecular complexity index is 923. The molecule has 0 spiro atoms. The van der Waals surface area contributed by atoms with Crippen LogP contribution in [0.15, 0.2) is 57.6 Å². The molecular weight excluding hydrogens is 423 g/mol. The van der Waals surface area contributed by atoms with Crippen molar-refractivity contribution >= 4 is 33.8 Å². The van der Waals surface area contributed by atoms with Gasteiger partial charge in [0, 0.05) is 28.4 Å². The Morgan fingerprint density at radius 2 is 1.93 bits per heavy atom. The summed E-state index contributed by atoms with van der Waals surface area (Å²) in [5.41, 5.74) is 3.50. The quantitative estimate of drug-likeness (QED) is 0.417. The van der Waals surface area contributed by atoms with Gasteiger partial charge in [-0.05, 0) is 55.2 Å². The molecule has 0 radical (unpaired) electrons. The zero-order valence-corrected chi connectivity index (χ0v) is 17.0. The molecule has 0 saturated heterocycles. The first-order valence-corrected chi connectivity index (χ1v) is 9.94. The third-order valence-corrected chi connectivity index (χ3v) is 4.73. The standard InChI is InChI=1S/C22H22BrFN2O2/c23-18-8-6-17(21(24)13-18)7-11-22-26-20(15-28-22)14-25-19-9-4-16(5-10-19)3-1-2-12-27/h4-11,13,15,25,27H,1-3,12,14H2/b11-7+. The maximum atomic E-state index is 13.8. The van der Waals surface area contributed by atoms with Crippen molar-refractivity contribution in [1.82, 2.24) is 4.98 Å². The van der Waals surface area contributed by atoms with Gasteiger partial charge >= 0.3 is 0 Å². The van der Waals surface area contributed by atoms with Crippen LogP contribution in [-0.4, -0.2) is 16.7 Å². The molecule has 1 aromatic heterocycles. The molecule has 146 valence electrons. The maximum absolute atomic E-state index is 13.8. The minimum absolute atomic E-state index is 0.243. The van der Waals surface area contributed by atoms with Gasteiger partial charge in [-0.3, -0.25) is 0 Å². The molecule has 2 aromatic carbocycles. The molecule has 0 fully saturated rings. The molecule has 0 saturated carbocycles. The SMILES string of the molecule is OCCCCc1ccc(NCc2coc(/C=C/c3ccc(Br)cc3F)n2)cc1. The molecule has 0 aliphatic heterocycles. The maximum Gasteiger partial charge on any atom is 0.218 e. The summed E-state index contributed by atoms with van der Waals surface area (Å²) < 4.78 is 19.9. The minimum atomic E-state index is -0.307. The normalized spacial score (nSPS) is 11.2. The first-order valence-electron chi connectivity index (χ1n) is 9.15. The number of nitrogens with zero attached hydrogens (tertiary/aromatic N) is 1. The van der Waals surface area contributed by atoms with E-state index in [4.69, 9.17) is 9.52 Å². The minimum Gasteiger partial charge on any atom is -0.445 e. The fourth-order valence-electron chi connectivity index (χ4n) is 2.70. The largest absolute Gasteiger partial charge is 0.445 e. The van der Waals surface area contributed by atoms with Gasteiger partial charge in [0.25, 0.3) is 0 Å². The molecule has 3 rings (SSSR count). The fourth-order valence-corrected chi connectivity index (χ4v) is 3.03. The predicted octanol–water partition coefficient (Wildman–Crippen LogP) is 5.67. The molecule has 1 heterocycles. The van der Waals surface area contributed by atoms with E-state index in [9.17, 15) is 4.39 Å².